The molecule has 0 aliphatic heterocycles. The van der Waals surface area contributed by atoms with Crippen molar-refractivity contribution in [2.75, 3.05) is 13.2 Å². The van der Waals surface area contributed by atoms with E-state index in [1.807, 2.05) is 0 Å². The summed E-state index contributed by atoms with van der Waals surface area (Å²) in [7, 11) is 0. The molecule has 1 heterocycles. The zero-order valence-electron chi connectivity index (χ0n) is 18.3. The summed E-state index contributed by atoms with van der Waals surface area (Å²) in [5, 5.41) is -4.51. The second-order valence-corrected chi connectivity index (χ2v) is 9.20. The Kier molecular flexibility index (Phi) is 11.5. The zero-order valence-corrected chi connectivity index (χ0v) is 19.2. The molecule has 0 amide bonds. The van der Waals surface area contributed by atoms with E-state index in [2.05, 4.69) is 11.9 Å². The summed E-state index contributed by atoms with van der Waals surface area (Å²) in [6, 6.07) is 1.09. The summed E-state index contributed by atoms with van der Waals surface area (Å²) in [5.74, 6) is -5.28. The third-order valence-corrected chi connectivity index (χ3v) is 6.22. The Morgan fingerprint density at radius 2 is 1.69 bits per heavy atom. The standard InChI is InChI=1S/C23H31F5N2OS/c1-2-3-4-5-6-7-8-9-14-31-16-18(15-30-13-12-29-17-30)32-23(27,28)19-10-11-20(24)22(26)21(19)25/h10-13,17-18H,2-9,14-16H2,1H3. The molecule has 1 atom stereocenters. The highest BCUT2D eigenvalue weighted by atomic mass is 32.2. The van der Waals surface area contributed by atoms with Crippen LogP contribution in [0.2, 0.25) is 0 Å². The molecular formula is C23H31F5N2OS. The van der Waals surface area contributed by atoms with Gasteiger partial charge in [0.15, 0.2) is 17.5 Å². The largest absolute Gasteiger partial charge is 0.380 e. The van der Waals surface area contributed by atoms with Crippen LogP contribution in [0.25, 0.3) is 0 Å². The average Bonchev–Trinajstić information content (AvgIpc) is 3.26. The van der Waals surface area contributed by atoms with Gasteiger partial charge in [0.25, 0.3) is 0 Å². The Bertz CT molecular complexity index is 789. The van der Waals surface area contributed by atoms with Crippen LogP contribution in [0.4, 0.5) is 22.0 Å². The van der Waals surface area contributed by atoms with Gasteiger partial charge in [0.05, 0.1) is 23.7 Å². The van der Waals surface area contributed by atoms with E-state index in [9.17, 15) is 22.0 Å². The number of thioether (sulfide) groups is 1. The van der Waals surface area contributed by atoms with Crippen molar-refractivity contribution < 1.29 is 26.7 Å². The van der Waals surface area contributed by atoms with Gasteiger partial charge in [-0.1, -0.05) is 63.6 Å². The average molecular weight is 479 g/mol. The van der Waals surface area contributed by atoms with Gasteiger partial charge in [0.1, 0.15) is 0 Å². The molecule has 0 spiro atoms. The number of alkyl halides is 2. The van der Waals surface area contributed by atoms with E-state index in [0.717, 1.165) is 19.3 Å². The molecule has 0 aliphatic rings. The quantitative estimate of drug-likeness (QED) is 0.144. The van der Waals surface area contributed by atoms with Crippen LogP contribution in [0, 0.1) is 17.5 Å². The van der Waals surface area contributed by atoms with Crippen LogP contribution >= 0.6 is 11.8 Å². The van der Waals surface area contributed by atoms with Crippen LogP contribution in [0.3, 0.4) is 0 Å². The van der Waals surface area contributed by atoms with Crippen LogP contribution in [0.5, 0.6) is 0 Å². The van der Waals surface area contributed by atoms with Crippen molar-refractivity contribution in [3.63, 3.8) is 0 Å². The van der Waals surface area contributed by atoms with Gasteiger partial charge in [0.2, 0.25) is 0 Å². The van der Waals surface area contributed by atoms with Gasteiger partial charge >= 0.3 is 5.25 Å². The lowest BCUT2D eigenvalue weighted by Gasteiger charge is -2.24. The number of imidazole rings is 1. The molecule has 0 saturated carbocycles. The minimum atomic E-state index is -3.76. The molecule has 1 unspecified atom stereocenters. The minimum absolute atomic E-state index is 0.0141. The smallest absolute Gasteiger partial charge is 0.322 e. The Balaban J connectivity index is 1.87. The van der Waals surface area contributed by atoms with Gasteiger partial charge in [-0.15, -0.1) is 0 Å². The first-order valence-corrected chi connectivity index (χ1v) is 12.0. The molecule has 0 bridgehead atoms. The summed E-state index contributed by atoms with van der Waals surface area (Å²) in [6.45, 7) is 2.80. The molecule has 0 aliphatic carbocycles. The van der Waals surface area contributed by atoms with Gasteiger partial charge in [-0.2, -0.15) is 8.78 Å². The third kappa shape index (κ3) is 8.73. The molecule has 32 heavy (non-hydrogen) atoms. The maximum Gasteiger partial charge on any atom is 0.322 e. The zero-order chi connectivity index (χ0) is 23.4. The number of hydrogen-bond acceptors (Lipinski definition) is 3. The molecule has 1 aromatic carbocycles. The molecule has 0 fully saturated rings. The fourth-order valence-corrected chi connectivity index (χ4v) is 4.44. The number of aromatic nitrogens is 2. The second-order valence-electron chi connectivity index (χ2n) is 7.79. The van der Waals surface area contributed by atoms with Crippen molar-refractivity contribution in [1.29, 1.82) is 0 Å². The molecule has 0 saturated heterocycles. The molecule has 2 aromatic rings. The second kappa shape index (κ2) is 13.8. The van der Waals surface area contributed by atoms with Gasteiger partial charge in [-0.3, -0.25) is 0 Å². The van der Waals surface area contributed by atoms with E-state index in [1.165, 1.54) is 44.6 Å². The predicted molar refractivity (Wildman–Crippen MR) is 117 cm³/mol. The van der Waals surface area contributed by atoms with Crippen LogP contribution in [-0.4, -0.2) is 28.0 Å². The molecule has 180 valence electrons. The Morgan fingerprint density at radius 3 is 2.34 bits per heavy atom. The summed E-state index contributed by atoms with van der Waals surface area (Å²) in [6.07, 6.45) is 13.8. The summed E-state index contributed by atoms with van der Waals surface area (Å²) in [5.41, 5.74) is -1.18. The normalized spacial score (nSPS) is 12.9. The van der Waals surface area contributed by atoms with Crippen molar-refractivity contribution in [2.45, 2.75) is 75.3 Å². The highest BCUT2D eigenvalue weighted by Gasteiger charge is 2.40. The Labute approximate surface area is 190 Å². The maximum atomic E-state index is 14.8. The number of rotatable bonds is 16. The molecular weight excluding hydrogens is 447 g/mol. The maximum absolute atomic E-state index is 14.8. The molecule has 1 aromatic heterocycles. The van der Waals surface area contributed by atoms with Gasteiger partial charge in [-0.05, 0) is 18.6 Å². The fraction of sp³-hybridized carbons (Fsp3) is 0.609. The number of halogens is 5. The predicted octanol–water partition coefficient (Wildman–Crippen LogP) is 7.31. The van der Waals surface area contributed by atoms with E-state index < -0.39 is 33.5 Å². The van der Waals surface area contributed by atoms with E-state index in [0.29, 0.717) is 18.7 Å². The lowest BCUT2D eigenvalue weighted by atomic mass is 10.1. The highest BCUT2D eigenvalue weighted by Crippen LogP contribution is 2.44. The summed E-state index contributed by atoms with van der Waals surface area (Å²) in [4.78, 5) is 3.90. The van der Waals surface area contributed by atoms with E-state index in [-0.39, 0.29) is 24.9 Å². The van der Waals surface area contributed by atoms with Crippen molar-refractivity contribution in [3.05, 3.63) is 53.9 Å². The topological polar surface area (TPSA) is 27.1 Å². The van der Waals surface area contributed by atoms with Crippen LogP contribution < -0.4 is 0 Å². The summed E-state index contributed by atoms with van der Waals surface area (Å²) >= 11 is 0.170. The Morgan fingerprint density at radius 1 is 1.00 bits per heavy atom. The Hall–Kier alpha value is -1.61. The molecule has 3 nitrogen and oxygen atoms in total. The van der Waals surface area contributed by atoms with Crippen molar-refractivity contribution >= 4 is 11.8 Å². The molecule has 0 radical (unpaired) electrons. The fourth-order valence-electron chi connectivity index (χ4n) is 3.33. The summed E-state index contributed by atoms with van der Waals surface area (Å²) < 4.78 is 77.3. The molecule has 9 heteroatoms. The highest BCUT2D eigenvalue weighted by molar-refractivity contribution is 8.00. The van der Waals surface area contributed by atoms with E-state index in [1.54, 1.807) is 10.8 Å². The van der Waals surface area contributed by atoms with Crippen molar-refractivity contribution in [2.24, 2.45) is 0 Å². The lowest BCUT2D eigenvalue weighted by molar-refractivity contribution is 0.0927. The first-order chi connectivity index (χ1) is 15.3. The minimum Gasteiger partial charge on any atom is -0.380 e. The monoisotopic (exact) mass is 478 g/mol. The van der Waals surface area contributed by atoms with Crippen molar-refractivity contribution in [1.82, 2.24) is 9.55 Å². The molecule has 2 rings (SSSR count). The SMILES string of the molecule is CCCCCCCCCCOCC(Cn1ccnc1)SC(F)(F)c1ccc(F)c(F)c1F. The van der Waals surface area contributed by atoms with Crippen LogP contribution in [0.1, 0.15) is 63.9 Å². The lowest BCUT2D eigenvalue weighted by Crippen LogP contribution is -2.25. The number of benzene rings is 1. The number of hydrogen-bond donors (Lipinski definition) is 0. The molecule has 0 N–H and O–H groups in total. The van der Waals surface area contributed by atoms with Gasteiger partial charge in [-0.25, -0.2) is 18.2 Å². The number of unbranched alkanes of at least 4 members (excludes halogenated alkanes) is 7. The first-order valence-electron chi connectivity index (χ1n) is 11.1. The van der Waals surface area contributed by atoms with Crippen molar-refractivity contribution in [3.8, 4) is 0 Å². The first kappa shape index (κ1) is 26.6. The van der Waals surface area contributed by atoms with E-state index in [4.69, 9.17) is 4.74 Å². The van der Waals surface area contributed by atoms with Gasteiger partial charge < -0.3 is 9.30 Å². The van der Waals surface area contributed by atoms with Crippen LogP contribution in [0.15, 0.2) is 30.9 Å². The number of nitrogens with zero attached hydrogens (tertiary/aromatic N) is 2. The number of ether oxygens (including phenoxy) is 1. The van der Waals surface area contributed by atoms with Gasteiger partial charge in [0, 0.05) is 25.5 Å². The van der Waals surface area contributed by atoms with E-state index >= 15 is 0 Å². The third-order valence-electron chi connectivity index (χ3n) is 5.08. The van der Waals surface area contributed by atoms with Crippen LogP contribution in [-0.2, 0) is 16.5 Å².